The SMILES string of the molecule is C=CS(=O)(=O)NCCCCOc1cccc(Cc2nc(NC3CCOCC3)c(CC)nc2C(N)=O)c1. The van der Waals surface area contributed by atoms with Gasteiger partial charge in [0, 0.05) is 37.6 Å². The fraction of sp³-hybridized carbons (Fsp3) is 0.480. The molecular formula is C25H35N5O5S. The number of anilines is 1. The Morgan fingerprint density at radius 1 is 1.25 bits per heavy atom. The van der Waals surface area contributed by atoms with Crippen molar-refractivity contribution in [2.24, 2.45) is 5.73 Å². The Hall–Kier alpha value is -3.02. The minimum absolute atomic E-state index is 0.178. The number of aromatic nitrogens is 2. The molecule has 11 heteroatoms. The smallest absolute Gasteiger partial charge is 0.269 e. The molecule has 2 aromatic rings. The van der Waals surface area contributed by atoms with Crippen molar-refractivity contribution in [1.29, 1.82) is 0 Å². The van der Waals surface area contributed by atoms with Crippen molar-refractivity contribution in [2.75, 3.05) is 31.7 Å². The number of sulfonamides is 1. The Bertz CT molecular complexity index is 1150. The highest BCUT2D eigenvalue weighted by molar-refractivity contribution is 7.92. The average Bonchev–Trinajstić information content (AvgIpc) is 2.87. The molecule has 0 unspecified atom stereocenters. The number of carbonyl (C=O) groups is 1. The van der Waals surface area contributed by atoms with E-state index in [2.05, 4.69) is 21.6 Å². The summed E-state index contributed by atoms with van der Waals surface area (Å²) in [6, 6.07) is 7.80. The van der Waals surface area contributed by atoms with Crippen LogP contribution in [-0.4, -0.2) is 56.7 Å². The largest absolute Gasteiger partial charge is 0.494 e. The maximum atomic E-state index is 12.2. The van der Waals surface area contributed by atoms with Crippen molar-refractivity contribution >= 4 is 21.7 Å². The Balaban J connectivity index is 1.66. The molecule has 196 valence electrons. The van der Waals surface area contributed by atoms with E-state index >= 15 is 0 Å². The molecule has 3 rings (SSSR count). The lowest BCUT2D eigenvalue weighted by Crippen LogP contribution is -2.29. The summed E-state index contributed by atoms with van der Waals surface area (Å²) >= 11 is 0. The number of amides is 1. The van der Waals surface area contributed by atoms with Gasteiger partial charge in [-0.15, -0.1) is 0 Å². The lowest BCUT2D eigenvalue weighted by molar-refractivity contribution is 0.0903. The van der Waals surface area contributed by atoms with Crippen LogP contribution in [-0.2, 0) is 27.6 Å². The number of nitrogens with two attached hydrogens (primary N) is 1. The third kappa shape index (κ3) is 8.28. The van der Waals surface area contributed by atoms with E-state index in [0.29, 0.717) is 75.0 Å². The number of unbranched alkanes of at least 4 members (excludes halogenated alkanes) is 1. The van der Waals surface area contributed by atoms with Crippen LogP contribution in [0.25, 0.3) is 0 Å². The molecular weight excluding hydrogens is 482 g/mol. The van der Waals surface area contributed by atoms with Crippen molar-refractivity contribution in [3.8, 4) is 5.75 Å². The van der Waals surface area contributed by atoms with Gasteiger partial charge in [-0.3, -0.25) is 4.79 Å². The van der Waals surface area contributed by atoms with Gasteiger partial charge in [0.15, 0.2) is 0 Å². The summed E-state index contributed by atoms with van der Waals surface area (Å²) in [4.78, 5) is 21.5. The molecule has 1 amide bonds. The summed E-state index contributed by atoms with van der Waals surface area (Å²) in [6.07, 6.45) is 4.09. The Kier molecular flexibility index (Phi) is 10.2. The lowest BCUT2D eigenvalue weighted by atomic mass is 10.1. The first-order valence-corrected chi connectivity index (χ1v) is 13.7. The van der Waals surface area contributed by atoms with Crippen LogP contribution in [0.1, 0.15) is 60.0 Å². The Labute approximate surface area is 212 Å². The van der Waals surface area contributed by atoms with Gasteiger partial charge in [-0.05, 0) is 49.8 Å². The molecule has 0 aliphatic carbocycles. The fourth-order valence-corrected chi connectivity index (χ4v) is 4.40. The highest BCUT2D eigenvalue weighted by Gasteiger charge is 2.20. The average molecular weight is 518 g/mol. The fourth-order valence-electron chi connectivity index (χ4n) is 3.85. The van der Waals surface area contributed by atoms with E-state index in [9.17, 15) is 13.2 Å². The zero-order chi connectivity index (χ0) is 26.0. The van der Waals surface area contributed by atoms with Gasteiger partial charge in [-0.2, -0.15) is 0 Å². The molecule has 1 saturated heterocycles. The monoisotopic (exact) mass is 517 g/mol. The molecule has 1 aliphatic heterocycles. The van der Waals surface area contributed by atoms with E-state index in [1.165, 1.54) is 0 Å². The lowest BCUT2D eigenvalue weighted by Gasteiger charge is -2.25. The summed E-state index contributed by atoms with van der Waals surface area (Å²) in [5.74, 6) is 0.756. The molecule has 0 radical (unpaired) electrons. The molecule has 0 saturated carbocycles. The van der Waals surface area contributed by atoms with Crippen LogP contribution in [0.5, 0.6) is 5.75 Å². The summed E-state index contributed by atoms with van der Waals surface area (Å²) < 4.78 is 36.4. The molecule has 1 aromatic carbocycles. The topological polar surface area (TPSA) is 146 Å². The van der Waals surface area contributed by atoms with Crippen LogP contribution in [0, 0.1) is 0 Å². The molecule has 36 heavy (non-hydrogen) atoms. The minimum Gasteiger partial charge on any atom is -0.494 e. The van der Waals surface area contributed by atoms with E-state index in [1.807, 2.05) is 31.2 Å². The van der Waals surface area contributed by atoms with Crippen LogP contribution >= 0.6 is 0 Å². The number of ether oxygens (including phenoxy) is 2. The first-order valence-electron chi connectivity index (χ1n) is 12.2. The highest BCUT2D eigenvalue weighted by atomic mass is 32.2. The van der Waals surface area contributed by atoms with E-state index in [1.54, 1.807) is 0 Å². The molecule has 10 nitrogen and oxygen atoms in total. The van der Waals surface area contributed by atoms with Crippen molar-refractivity contribution in [1.82, 2.24) is 14.7 Å². The van der Waals surface area contributed by atoms with Crippen LogP contribution in [0.2, 0.25) is 0 Å². The molecule has 1 aliphatic rings. The van der Waals surface area contributed by atoms with Crippen molar-refractivity contribution < 1.29 is 22.7 Å². The number of nitrogens with one attached hydrogen (secondary N) is 2. The van der Waals surface area contributed by atoms with Gasteiger partial charge in [-0.1, -0.05) is 25.6 Å². The van der Waals surface area contributed by atoms with Crippen molar-refractivity contribution in [3.05, 3.63) is 58.9 Å². The first kappa shape index (κ1) is 27.6. The third-order valence-corrected chi connectivity index (χ3v) is 6.85. The number of nitrogens with zero attached hydrogens (tertiary/aromatic N) is 2. The summed E-state index contributed by atoms with van der Waals surface area (Å²) in [7, 11) is -3.40. The molecule has 0 atom stereocenters. The minimum atomic E-state index is -3.40. The van der Waals surface area contributed by atoms with Crippen LogP contribution in [0.3, 0.4) is 0 Å². The van der Waals surface area contributed by atoms with Gasteiger partial charge >= 0.3 is 0 Å². The van der Waals surface area contributed by atoms with E-state index < -0.39 is 15.9 Å². The number of aryl methyl sites for hydroxylation is 1. The van der Waals surface area contributed by atoms with E-state index in [-0.39, 0.29) is 11.7 Å². The van der Waals surface area contributed by atoms with Crippen molar-refractivity contribution in [3.63, 3.8) is 0 Å². The third-order valence-electron chi connectivity index (χ3n) is 5.80. The molecule has 4 N–H and O–H groups in total. The quantitative estimate of drug-likeness (QED) is 0.324. The number of hydrogen-bond donors (Lipinski definition) is 3. The number of benzene rings is 1. The maximum absolute atomic E-state index is 12.2. The number of carbonyl (C=O) groups excluding carboxylic acids is 1. The van der Waals surface area contributed by atoms with Crippen LogP contribution in [0.4, 0.5) is 5.82 Å². The van der Waals surface area contributed by atoms with Crippen molar-refractivity contribution in [2.45, 2.75) is 51.5 Å². The molecule has 2 heterocycles. The zero-order valence-corrected chi connectivity index (χ0v) is 21.5. The number of hydrogen-bond acceptors (Lipinski definition) is 8. The highest BCUT2D eigenvalue weighted by Crippen LogP contribution is 2.22. The molecule has 1 fully saturated rings. The van der Waals surface area contributed by atoms with E-state index in [4.69, 9.17) is 20.2 Å². The number of primary amides is 1. The first-order chi connectivity index (χ1) is 17.3. The van der Waals surface area contributed by atoms with Gasteiger partial charge in [-0.25, -0.2) is 23.1 Å². The van der Waals surface area contributed by atoms with Crippen LogP contribution in [0.15, 0.2) is 36.3 Å². The Morgan fingerprint density at radius 2 is 2.03 bits per heavy atom. The summed E-state index contributed by atoms with van der Waals surface area (Å²) in [5, 5.41) is 4.37. The van der Waals surface area contributed by atoms with Gasteiger partial charge < -0.3 is 20.5 Å². The van der Waals surface area contributed by atoms with Crippen LogP contribution < -0.4 is 20.5 Å². The maximum Gasteiger partial charge on any atom is 0.269 e. The molecule has 1 aromatic heterocycles. The predicted octanol–water partition coefficient (Wildman–Crippen LogP) is 2.54. The number of rotatable bonds is 14. The standard InChI is InChI=1S/C25H35N5O5S/c1-3-21-25(28-19-10-14-34-15-11-19)30-22(23(29-21)24(26)31)17-18-8-7-9-20(16-18)35-13-6-5-12-27-36(32,33)4-2/h4,7-9,16,19,27H,2-3,5-6,10-15,17H2,1H3,(H2,26,31)(H,28,30). The summed E-state index contributed by atoms with van der Waals surface area (Å²) in [6.45, 7) is 7.41. The van der Waals surface area contributed by atoms with Gasteiger partial charge in [0.2, 0.25) is 10.0 Å². The molecule has 0 spiro atoms. The summed E-state index contributed by atoms with van der Waals surface area (Å²) in [5.41, 5.74) is 7.96. The van der Waals surface area contributed by atoms with Gasteiger partial charge in [0.25, 0.3) is 5.91 Å². The zero-order valence-electron chi connectivity index (χ0n) is 20.7. The second-order valence-electron chi connectivity index (χ2n) is 8.55. The van der Waals surface area contributed by atoms with Gasteiger partial charge in [0.1, 0.15) is 17.3 Å². The molecule has 0 bridgehead atoms. The van der Waals surface area contributed by atoms with E-state index in [0.717, 1.165) is 23.8 Å². The second kappa shape index (κ2) is 13.3. The van der Waals surface area contributed by atoms with Gasteiger partial charge in [0.05, 0.1) is 18.0 Å². The predicted molar refractivity (Wildman–Crippen MR) is 138 cm³/mol. The normalized spacial score (nSPS) is 14.4. The second-order valence-corrected chi connectivity index (χ2v) is 10.3. The Morgan fingerprint density at radius 3 is 2.72 bits per heavy atom.